The summed E-state index contributed by atoms with van der Waals surface area (Å²) in [6.45, 7) is 8.30. The molecule has 0 aliphatic rings. The van der Waals surface area contributed by atoms with Gasteiger partial charge in [0.05, 0.1) is 6.26 Å². The van der Waals surface area contributed by atoms with Gasteiger partial charge in [-0.25, -0.2) is 0 Å². The molecule has 0 aliphatic heterocycles. The molecule has 0 saturated carbocycles. The van der Waals surface area contributed by atoms with Crippen LogP contribution in [0.1, 0.15) is 13.8 Å². The quantitative estimate of drug-likeness (QED) is 0.313. The van der Waals surface area contributed by atoms with Crippen LogP contribution in [0, 0.1) is 5.92 Å². The molecule has 0 aliphatic carbocycles. The smallest absolute Gasteiger partial charge is 0.506 e. The second-order valence-corrected chi connectivity index (χ2v) is 2.22. The zero-order valence-corrected chi connectivity index (χ0v) is 6.09. The van der Waals surface area contributed by atoms with E-state index in [0.29, 0.717) is 13.6 Å². The minimum atomic E-state index is 0.321. The first-order valence-corrected chi connectivity index (χ1v) is 3.07. The van der Waals surface area contributed by atoms with Crippen molar-refractivity contribution in [2.45, 2.75) is 13.8 Å². The summed E-state index contributed by atoms with van der Waals surface area (Å²) in [6.07, 6.45) is 1.38. The third kappa shape index (κ3) is 7.56. The standard InChI is InChI=1S/C6H13BO2/c1-4-8-7-9-5-6(2)3/h4,6-7H,1,5H2,2-3H3. The Kier molecular flexibility index (Phi) is 5.42. The van der Waals surface area contributed by atoms with Crippen LogP contribution < -0.4 is 0 Å². The second-order valence-electron chi connectivity index (χ2n) is 2.22. The van der Waals surface area contributed by atoms with Crippen molar-refractivity contribution in [2.24, 2.45) is 5.92 Å². The third-order valence-electron chi connectivity index (χ3n) is 0.720. The van der Waals surface area contributed by atoms with E-state index in [-0.39, 0.29) is 0 Å². The lowest BCUT2D eigenvalue weighted by Crippen LogP contribution is -2.06. The zero-order valence-electron chi connectivity index (χ0n) is 6.09. The number of hydrogen-bond donors (Lipinski definition) is 0. The molecule has 0 heterocycles. The Balaban J connectivity index is 2.82. The van der Waals surface area contributed by atoms with Gasteiger partial charge in [0.2, 0.25) is 0 Å². The van der Waals surface area contributed by atoms with Crippen molar-refractivity contribution in [3.8, 4) is 0 Å². The fraction of sp³-hybridized carbons (Fsp3) is 0.667. The lowest BCUT2D eigenvalue weighted by atomic mass is 10.2. The number of hydrogen-bond acceptors (Lipinski definition) is 2. The van der Waals surface area contributed by atoms with Crippen molar-refractivity contribution in [1.82, 2.24) is 0 Å². The van der Waals surface area contributed by atoms with Gasteiger partial charge in [-0.3, -0.25) is 0 Å². The van der Waals surface area contributed by atoms with Gasteiger partial charge in [-0.15, -0.1) is 0 Å². The maximum atomic E-state index is 5.04. The topological polar surface area (TPSA) is 18.5 Å². The van der Waals surface area contributed by atoms with Crippen molar-refractivity contribution in [1.29, 1.82) is 0 Å². The summed E-state index contributed by atoms with van der Waals surface area (Å²) < 4.78 is 9.77. The molecular weight excluding hydrogens is 115 g/mol. The van der Waals surface area contributed by atoms with Crippen LogP contribution in [0.3, 0.4) is 0 Å². The zero-order chi connectivity index (χ0) is 7.11. The first-order valence-electron chi connectivity index (χ1n) is 3.07. The van der Waals surface area contributed by atoms with E-state index >= 15 is 0 Å². The second kappa shape index (κ2) is 5.70. The normalized spacial score (nSPS) is 9.22. The van der Waals surface area contributed by atoms with Crippen LogP contribution in [-0.2, 0) is 9.31 Å². The fourth-order valence-corrected chi connectivity index (χ4v) is 0.380. The first-order chi connectivity index (χ1) is 4.27. The van der Waals surface area contributed by atoms with E-state index in [0.717, 1.165) is 6.61 Å². The van der Waals surface area contributed by atoms with Crippen LogP contribution in [0.2, 0.25) is 0 Å². The Hall–Kier alpha value is -0.435. The van der Waals surface area contributed by atoms with E-state index < -0.39 is 0 Å². The van der Waals surface area contributed by atoms with E-state index in [1.807, 2.05) is 0 Å². The molecule has 9 heavy (non-hydrogen) atoms. The molecule has 3 heteroatoms. The summed E-state index contributed by atoms with van der Waals surface area (Å²) in [5, 5.41) is 0. The predicted octanol–water partition coefficient (Wildman–Crippen LogP) is 1.09. The van der Waals surface area contributed by atoms with Crippen molar-refractivity contribution in [2.75, 3.05) is 6.61 Å². The Morgan fingerprint density at radius 1 is 1.67 bits per heavy atom. The number of rotatable bonds is 5. The predicted molar refractivity (Wildman–Crippen MR) is 39.2 cm³/mol. The molecule has 0 aromatic carbocycles. The van der Waals surface area contributed by atoms with Gasteiger partial charge < -0.3 is 9.31 Å². The Bertz CT molecular complexity index is 73.5. The van der Waals surface area contributed by atoms with Crippen molar-refractivity contribution in [3.63, 3.8) is 0 Å². The van der Waals surface area contributed by atoms with E-state index in [4.69, 9.17) is 9.31 Å². The summed E-state index contributed by atoms with van der Waals surface area (Å²) in [4.78, 5) is 0. The average Bonchev–Trinajstić information content (AvgIpc) is 1.80. The van der Waals surface area contributed by atoms with Crippen LogP contribution >= 0.6 is 0 Å². The minimum absolute atomic E-state index is 0.321. The molecule has 0 aromatic heterocycles. The monoisotopic (exact) mass is 128 g/mol. The Morgan fingerprint density at radius 3 is 2.78 bits per heavy atom. The summed E-state index contributed by atoms with van der Waals surface area (Å²) >= 11 is 0. The van der Waals surface area contributed by atoms with Gasteiger partial charge in [-0.2, -0.15) is 0 Å². The van der Waals surface area contributed by atoms with Crippen molar-refractivity contribution >= 4 is 7.69 Å². The SMILES string of the molecule is C=COBOCC(C)C. The summed E-state index contributed by atoms with van der Waals surface area (Å²) in [5.41, 5.74) is 0. The van der Waals surface area contributed by atoms with Gasteiger partial charge in [0.15, 0.2) is 0 Å². The molecule has 0 N–H and O–H groups in total. The molecule has 0 rings (SSSR count). The minimum Gasteiger partial charge on any atom is -0.545 e. The molecule has 0 aromatic rings. The highest BCUT2D eigenvalue weighted by Gasteiger charge is 1.93. The van der Waals surface area contributed by atoms with E-state index in [9.17, 15) is 0 Å². The molecular formula is C6H13BO2. The van der Waals surface area contributed by atoms with E-state index in [2.05, 4.69) is 20.4 Å². The van der Waals surface area contributed by atoms with Gasteiger partial charge in [0, 0.05) is 6.61 Å². The maximum absolute atomic E-state index is 5.04. The van der Waals surface area contributed by atoms with Crippen LogP contribution in [0.25, 0.3) is 0 Å². The van der Waals surface area contributed by atoms with Crippen molar-refractivity contribution in [3.05, 3.63) is 12.8 Å². The summed E-state index contributed by atoms with van der Waals surface area (Å²) in [5.74, 6) is 0.568. The molecule has 52 valence electrons. The molecule has 0 unspecified atom stereocenters. The maximum Gasteiger partial charge on any atom is 0.506 e. The first kappa shape index (κ1) is 8.56. The molecule has 0 radical (unpaired) electrons. The van der Waals surface area contributed by atoms with Gasteiger partial charge in [-0.05, 0) is 5.92 Å². The lowest BCUT2D eigenvalue weighted by molar-refractivity contribution is 0.239. The van der Waals surface area contributed by atoms with Crippen molar-refractivity contribution < 1.29 is 9.31 Å². The fourth-order valence-electron chi connectivity index (χ4n) is 0.380. The Labute approximate surface area is 57.2 Å². The summed E-state index contributed by atoms with van der Waals surface area (Å²) in [6, 6.07) is 0. The molecule has 0 fully saturated rings. The van der Waals surface area contributed by atoms with Crippen LogP contribution in [-0.4, -0.2) is 14.3 Å². The highest BCUT2D eigenvalue weighted by molar-refractivity contribution is 6.18. The van der Waals surface area contributed by atoms with Gasteiger partial charge >= 0.3 is 7.69 Å². The lowest BCUT2D eigenvalue weighted by Gasteiger charge is -2.03. The van der Waals surface area contributed by atoms with Gasteiger partial charge in [-0.1, -0.05) is 20.4 Å². The molecule has 0 saturated heterocycles. The molecule has 0 amide bonds. The molecule has 0 spiro atoms. The molecule has 2 nitrogen and oxygen atoms in total. The molecule has 0 atom stereocenters. The molecule has 0 bridgehead atoms. The average molecular weight is 128 g/mol. The van der Waals surface area contributed by atoms with E-state index in [1.54, 1.807) is 0 Å². The van der Waals surface area contributed by atoms with E-state index in [1.165, 1.54) is 6.26 Å². The largest absolute Gasteiger partial charge is 0.545 e. The van der Waals surface area contributed by atoms with Crippen LogP contribution in [0.5, 0.6) is 0 Å². The van der Waals surface area contributed by atoms with Gasteiger partial charge in [0.1, 0.15) is 0 Å². The van der Waals surface area contributed by atoms with Crippen LogP contribution in [0.15, 0.2) is 12.8 Å². The highest BCUT2D eigenvalue weighted by atomic mass is 16.6. The Morgan fingerprint density at radius 2 is 2.33 bits per heavy atom. The van der Waals surface area contributed by atoms with Gasteiger partial charge in [0.25, 0.3) is 0 Å². The third-order valence-corrected chi connectivity index (χ3v) is 0.720. The van der Waals surface area contributed by atoms with Crippen LogP contribution in [0.4, 0.5) is 0 Å². The summed E-state index contributed by atoms with van der Waals surface area (Å²) in [7, 11) is 0.321. The highest BCUT2D eigenvalue weighted by Crippen LogP contribution is 1.90.